The van der Waals surface area contributed by atoms with E-state index < -0.39 is 17.6 Å². The molecule has 0 saturated heterocycles. The van der Waals surface area contributed by atoms with Crippen molar-refractivity contribution in [3.05, 3.63) is 60.0 Å². The number of hydrogen-bond acceptors (Lipinski definition) is 4. The predicted octanol–water partition coefficient (Wildman–Crippen LogP) is 4.21. The molecule has 2 heterocycles. The van der Waals surface area contributed by atoms with Crippen LogP contribution in [0.2, 0.25) is 0 Å². The molecule has 2 aromatic heterocycles. The van der Waals surface area contributed by atoms with Crippen LogP contribution in [-0.2, 0) is 6.18 Å². The summed E-state index contributed by atoms with van der Waals surface area (Å²) in [5.74, 6) is -0.114. The molecule has 0 spiro atoms. The highest BCUT2D eigenvalue weighted by Gasteiger charge is 2.30. The number of carbonyl (C=O) groups excluding carboxylic acids is 1. The lowest BCUT2D eigenvalue weighted by Crippen LogP contribution is -2.12. The number of anilines is 1. The van der Waals surface area contributed by atoms with Crippen LogP contribution >= 0.6 is 0 Å². The summed E-state index contributed by atoms with van der Waals surface area (Å²) in [7, 11) is 0. The van der Waals surface area contributed by atoms with Crippen LogP contribution in [0.3, 0.4) is 0 Å². The van der Waals surface area contributed by atoms with Crippen LogP contribution in [0.25, 0.3) is 11.5 Å². The average Bonchev–Trinajstić information content (AvgIpc) is 3.17. The number of aromatic nitrogens is 1. The Morgan fingerprint density at radius 3 is 2.48 bits per heavy atom. The van der Waals surface area contributed by atoms with Crippen LogP contribution in [0.15, 0.2) is 57.8 Å². The SMILES string of the molecule is O=C(Nc1ccc(C(F)(F)F)cc1)c1cnoc1-c1ccco1. The molecule has 1 amide bonds. The molecule has 0 aliphatic rings. The van der Waals surface area contributed by atoms with E-state index in [1.54, 1.807) is 12.1 Å². The number of carbonyl (C=O) groups is 1. The first kappa shape index (κ1) is 14.9. The monoisotopic (exact) mass is 322 g/mol. The zero-order valence-corrected chi connectivity index (χ0v) is 11.4. The Hall–Kier alpha value is -3.03. The summed E-state index contributed by atoms with van der Waals surface area (Å²) in [5.41, 5.74) is -0.466. The molecule has 3 rings (SSSR count). The highest BCUT2D eigenvalue weighted by Crippen LogP contribution is 2.30. The van der Waals surface area contributed by atoms with Crippen LogP contribution in [0.4, 0.5) is 18.9 Å². The Morgan fingerprint density at radius 1 is 1.13 bits per heavy atom. The van der Waals surface area contributed by atoms with Gasteiger partial charge in [0.25, 0.3) is 5.91 Å². The van der Waals surface area contributed by atoms with E-state index in [4.69, 9.17) is 8.94 Å². The molecule has 0 aliphatic carbocycles. The molecule has 0 fully saturated rings. The highest BCUT2D eigenvalue weighted by atomic mass is 19.4. The van der Waals surface area contributed by atoms with Gasteiger partial charge in [-0.3, -0.25) is 4.79 Å². The Balaban J connectivity index is 1.79. The number of nitrogens with zero attached hydrogens (tertiary/aromatic N) is 1. The van der Waals surface area contributed by atoms with E-state index in [2.05, 4.69) is 10.5 Å². The Kier molecular flexibility index (Phi) is 3.65. The van der Waals surface area contributed by atoms with E-state index >= 15 is 0 Å². The number of furan rings is 1. The van der Waals surface area contributed by atoms with Crippen molar-refractivity contribution in [1.82, 2.24) is 5.16 Å². The van der Waals surface area contributed by atoms with Gasteiger partial charge >= 0.3 is 6.18 Å². The quantitative estimate of drug-likeness (QED) is 0.784. The molecule has 0 aliphatic heterocycles. The lowest BCUT2D eigenvalue weighted by atomic mass is 10.1. The third kappa shape index (κ3) is 3.10. The van der Waals surface area contributed by atoms with Gasteiger partial charge in [-0.1, -0.05) is 5.16 Å². The van der Waals surface area contributed by atoms with Crippen molar-refractivity contribution < 1.29 is 26.9 Å². The number of nitrogens with one attached hydrogen (secondary N) is 1. The smallest absolute Gasteiger partial charge is 0.416 e. The molecule has 23 heavy (non-hydrogen) atoms. The van der Waals surface area contributed by atoms with E-state index in [-0.39, 0.29) is 17.0 Å². The highest BCUT2D eigenvalue weighted by molar-refractivity contribution is 6.07. The fourth-order valence-electron chi connectivity index (χ4n) is 1.93. The van der Waals surface area contributed by atoms with Gasteiger partial charge < -0.3 is 14.3 Å². The second kappa shape index (κ2) is 5.64. The van der Waals surface area contributed by atoms with Crippen molar-refractivity contribution >= 4 is 11.6 Å². The standard InChI is InChI=1S/C15H9F3N2O3/c16-15(17,18)9-3-5-10(6-4-9)20-14(21)11-8-19-23-13(11)12-2-1-7-22-12/h1-8H,(H,20,21). The molecule has 5 nitrogen and oxygen atoms in total. The summed E-state index contributed by atoms with van der Waals surface area (Å²) in [5, 5.41) is 6.02. The summed E-state index contributed by atoms with van der Waals surface area (Å²) in [6.07, 6.45) is -1.81. The van der Waals surface area contributed by atoms with Gasteiger partial charge in [-0.25, -0.2) is 0 Å². The lowest BCUT2D eigenvalue weighted by molar-refractivity contribution is -0.137. The van der Waals surface area contributed by atoms with Crippen molar-refractivity contribution in [2.75, 3.05) is 5.32 Å². The van der Waals surface area contributed by atoms with Crippen molar-refractivity contribution in [3.63, 3.8) is 0 Å². The van der Waals surface area contributed by atoms with Gasteiger partial charge in [-0.05, 0) is 36.4 Å². The first-order valence-corrected chi connectivity index (χ1v) is 6.42. The number of rotatable bonds is 3. The minimum atomic E-state index is -4.43. The van der Waals surface area contributed by atoms with Gasteiger partial charge in [-0.2, -0.15) is 13.2 Å². The van der Waals surface area contributed by atoms with Gasteiger partial charge in [0.15, 0.2) is 5.76 Å². The van der Waals surface area contributed by atoms with E-state index in [1.807, 2.05) is 0 Å². The lowest BCUT2D eigenvalue weighted by Gasteiger charge is -2.08. The molecule has 1 N–H and O–H groups in total. The van der Waals surface area contributed by atoms with Crippen molar-refractivity contribution in [3.8, 4) is 11.5 Å². The molecule has 0 atom stereocenters. The third-order valence-corrected chi connectivity index (χ3v) is 3.03. The molecule has 0 unspecified atom stereocenters. The Morgan fingerprint density at radius 2 is 1.87 bits per heavy atom. The second-order valence-electron chi connectivity index (χ2n) is 4.58. The van der Waals surface area contributed by atoms with Crippen molar-refractivity contribution in [2.45, 2.75) is 6.18 Å². The topological polar surface area (TPSA) is 68.3 Å². The summed E-state index contributed by atoms with van der Waals surface area (Å²) in [6, 6.07) is 7.32. The minimum absolute atomic E-state index is 0.111. The molecule has 8 heteroatoms. The van der Waals surface area contributed by atoms with Crippen molar-refractivity contribution in [1.29, 1.82) is 0 Å². The van der Waals surface area contributed by atoms with Crippen LogP contribution < -0.4 is 5.32 Å². The maximum atomic E-state index is 12.5. The molecule has 0 radical (unpaired) electrons. The maximum absolute atomic E-state index is 12.5. The van der Waals surface area contributed by atoms with E-state index in [1.165, 1.54) is 24.6 Å². The summed E-state index contributed by atoms with van der Waals surface area (Å²) in [6.45, 7) is 0. The van der Waals surface area contributed by atoms with E-state index in [9.17, 15) is 18.0 Å². The average molecular weight is 322 g/mol. The molecular formula is C15H9F3N2O3. The first-order valence-electron chi connectivity index (χ1n) is 6.42. The number of benzene rings is 1. The summed E-state index contributed by atoms with van der Waals surface area (Å²) >= 11 is 0. The second-order valence-corrected chi connectivity index (χ2v) is 4.58. The van der Waals surface area contributed by atoms with Gasteiger partial charge in [-0.15, -0.1) is 0 Å². The number of alkyl halides is 3. The first-order chi connectivity index (χ1) is 10.9. The zero-order valence-electron chi connectivity index (χ0n) is 11.4. The van der Waals surface area contributed by atoms with Gasteiger partial charge in [0, 0.05) is 5.69 Å². The van der Waals surface area contributed by atoms with Crippen LogP contribution in [-0.4, -0.2) is 11.1 Å². The minimum Gasteiger partial charge on any atom is -0.461 e. The molecular weight excluding hydrogens is 313 g/mol. The van der Waals surface area contributed by atoms with E-state index in [0.29, 0.717) is 5.76 Å². The Labute approximate surface area is 127 Å². The fraction of sp³-hybridized carbons (Fsp3) is 0.0667. The van der Waals surface area contributed by atoms with Crippen molar-refractivity contribution in [2.24, 2.45) is 0 Å². The molecule has 0 saturated carbocycles. The van der Waals surface area contributed by atoms with Gasteiger partial charge in [0.05, 0.1) is 18.0 Å². The van der Waals surface area contributed by atoms with Crippen LogP contribution in [0, 0.1) is 0 Å². The third-order valence-electron chi connectivity index (χ3n) is 3.03. The number of amides is 1. The predicted molar refractivity (Wildman–Crippen MR) is 73.6 cm³/mol. The zero-order chi connectivity index (χ0) is 16.4. The number of halogens is 3. The summed E-state index contributed by atoms with van der Waals surface area (Å²) < 4.78 is 47.6. The molecule has 3 aromatic rings. The molecule has 118 valence electrons. The molecule has 0 bridgehead atoms. The normalized spacial score (nSPS) is 11.4. The summed E-state index contributed by atoms with van der Waals surface area (Å²) in [4.78, 5) is 12.2. The largest absolute Gasteiger partial charge is 0.461 e. The van der Waals surface area contributed by atoms with Crippen LogP contribution in [0.5, 0.6) is 0 Å². The Bertz CT molecular complexity index is 805. The van der Waals surface area contributed by atoms with Gasteiger partial charge in [0.1, 0.15) is 5.56 Å². The maximum Gasteiger partial charge on any atom is 0.416 e. The number of hydrogen-bond donors (Lipinski definition) is 1. The van der Waals surface area contributed by atoms with Crippen LogP contribution in [0.1, 0.15) is 15.9 Å². The molecule has 1 aromatic carbocycles. The van der Waals surface area contributed by atoms with E-state index in [0.717, 1.165) is 12.1 Å². The van der Waals surface area contributed by atoms with Gasteiger partial charge in [0.2, 0.25) is 5.76 Å². The fourth-order valence-corrected chi connectivity index (χ4v) is 1.93.